The maximum Gasteiger partial charge on any atom is 0.0803 e. The van der Waals surface area contributed by atoms with E-state index in [2.05, 4.69) is 26.5 Å². The molecular formula is C34H66O8. The van der Waals surface area contributed by atoms with Crippen LogP contribution in [-0.4, -0.2) is 106 Å². The predicted molar refractivity (Wildman–Crippen MR) is 171 cm³/mol. The summed E-state index contributed by atoms with van der Waals surface area (Å²) in [6.07, 6.45) is 15.1. The summed E-state index contributed by atoms with van der Waals surface area (Å²) < 4.78 is 46.7. The monoisotopic (exact) mass is 602 g/mol. The van der Waals surface area contributed by atoms with Gasteiger partial charge in [0.1, 0.15) is 0 Å². The molecular weight excluding hydrogens is 536 g/mol. The van der Waals surface area contributed by atoms with E-state index in [4.69, 9.17) is 37.9 Å². The van der Waals surface area contributed by atoms with Crippen molar-refractivity contribution in [1.29, 1.82) is 0 Å². The Hall–Kier alpha value is -0.840. The van der Waals surface area contributed by atoms with Crippen LogP contribution in [-0.2, 0) is 37.9 Å². The molecule has 0 N–H and O–H groups in total. The van der Waals surface area contributed by atoms with E-state index < -0.39 is 0 Å². The van der Waals surface area contributed by atoms with E-state index >= 15 is 0 Å². The minimum absolute atomic E-state index is 0.00971. The third-order valence-corrected chi connectivity index (χ3v) is 8.46. The zero-order chi connectivity index (χ0) is 31.8. The van der Waals surface area contributed by atoms with Crippen molar-refractivity contribution in [3.63, 3.8) is 0 Å². The Morgan fingerprint density at radius 3 is 1.19 bits per heavy atom. The van der Waals surface area contributed by atoms with Gasteiger partial charge in [-0.3, -0.25) is 0 Å². The van der Waals surface area contributed by atoms with Crippen LogP contribution in [0.3, 0.4) is 0 Å². The minimum Gasteiger partial charge on any atom is -0.381 e. The van der Waals surface area contributed by atoms with Crippen LogP contribution in [0.5, 0.6) is 0 Å². The summed E-state index contributed by atoms with van der Waals surface area (Å²) in [5.41, 5.74) is 1.27. The third kappa shape index (κ3) is 18.1. The summed E-state index contributed by atoms with van der Waals surface area (Å²) in [6, 6.07) is 0. The Labute approximate surface area is 258 Å². The van der Waals surface area contributed by atoms with Gasteiger partial charge < -0.3 is 37.9 Å². The van der Waals surface area contributed by atoms with E-state index in [1.807, 2.05) is 6.08 Å². The highest BCUT2D eigenvalue weighted by atomic mass is 16.5. The van der Waals surface area contributed by atoms with Crippen LogP contribution in [0.25, 0.3) is 0 Å². The smallest absolute Gasteiger partial charge is 0.0803 e. The molecule has 8 heteroatoms. The zero-order valence-electron chi connectivity index (χ0n) is 28.7. The molecule has 250 valence electrons. The molecule has 0 aliphatic heterocycles. The van der Waals surface area contributed by atoms with Gasteiger partial charge in [-0.1, -0.05) is 31.9 Å². The highest BCUT2D eigenvalue weighted by Crippen LogP contribution is 2.25. The zero-order valence-corrected chi connectivity index (χ0v) is 28.7. The van der Waals surface area contributed by atoms with Gasteiger partial charge in [0.25, 0.3) is 0 Å². The molecule has 0 rings (SSSR count). The fraction of sp³-hybridized carbons (Fsp3) is 0.882. The molecule has 0 fully saturated rings. The number of allylic oxidation sites excluding steroid dienone is 1. The van der Waals surface area contributed by atoms with Gasteiger partial charge in [-0.15, -0.1) is 6.58 Å². The lowest BCUT2D eigenvalue weighted by molar-refractivity contribution is -0.0552. The van der Waals surface area contributed by atoms with Crippen molar-refractivity contribution >= 4 is 0 Å². The number of unbranched alkanes of at least 4 members (excludes halogenated alkanes) is 3. The maximum atomic E-state index is 5.92. The van der Waals surface area contributed by atoms with Crippen molar-refractivity contribution < 1.29 is 37.9 Å². The third-order valence-electron chi connectivity index (χ3n) is 8.46. The Balaban J connectivity index is 5.16. The molecule has 8 atom stereocenters. The Morgan fingerprint density at radius 2 is 0.881 bits per heavy atom. The SMILES string of the molecule is C=CCC(CC(CC(CC(CC(CC(CC(CC(OC)C(C)=CCCCCC)OC)OC)OC)OC)OC)OC)OC. The normalized spacial score (nSPS) is 18.2. The van der Waals surface area contributed by atoms with Gasteiger partial charge in [-0.05, 0) is 63.9 Å². The first kappa shape index (κ1) is 41.2. The molecule has 0 amide bonds. The maximum absolute atomic E-state index is 5.92. The molecule has 8 nitrogen and oxygen atoms in total. The number of hydrogen-bond acceptors (Lipinski definition) is 8. The van der Waals surface area contributed by atoms with Crippen LogP contribution in [0, 0.1) is 0 Å². The van der Waals surface area contributed by atoms with Gasteiger partial charge in [0.05, 0.1) is 48.8 Å². The highest BCUT2D eigenvalue weighted by Gasteiger charge is 2.28. The first-order valence-corrected chi connectivity index (χ1v) is 15.8. The van der Waals surface area contributed by atoms with E-state index in [-0.39, 0.29) is 48.8 Å². The number of rotatable bonds is 29. The summed E-state index contributed by atoms with van der Waals surface area (Å²) in [5, 5.41) is 0. The lowest BCUT2D eigenvalue weighted by Crippen LogP contribution is -2.33. The van der Waals surface area contributed by atoms with Gasteiger partial charge in [-0.2, -0.15) is 0 Å². The van der Waals surface area contributed by atoms with Crippen molar-refractivity contribution in [2.75, 3.05) is 56.9 Å². The van der Waals surface area contributed by atoms with E-state index in [1.54, 1.807) is 56.9 Å². The fourth-order valence-corrected chi connectivity index (χ4v) is 5.53. The molecule has 0 saturated carbocycles. The van der Waals surface area contributed by atoms with Crippen LogP contribution in [0.4, 0.5) is 0 Å². The molecule has 0 spiro atoms. The number of ether oxygens (including phenoxy) is 8. The van der Waals surface area contributed by atoms with E-state index in [0.717, 1.165) is 57.8 Å². The topological polar surface area (TPSA) is 73.8 Å². The summed E-state index contributed by atoms with van der Waals surface area (Å²) >= 11 is 0. The van der Waals surface area contributed by atoms with Gasteiger partial charge in [0, 0.05) is 69.7 Å². The second-order valence-electron chi connectivity index (χ2n) is 11.3. The van der Waals surface area contributed by atoms with Crippen molar-refractivity contribution in [3.05, 3.63) is 24.3 Å². The molecule has 0 heterocycles. The minimum atomic E-state index is -0.0305. The second-order valence-corrected chi connectivity index (χ2v) is 11.3. The average Bonchev–Trinajstić information content (AvgIpc) is 3.01. The van der Waals surface area contributed by atoms with Gasteiger partial charge in [0.2, 0.25) is 0 Å². The number of methoxy groups -OCH3 is 8. The molecule has 0 aromatic rings. The Morgan fingerprint density at radius 1 is 0.524 bits per heavy atom. The average molecular weight is 603 g/mol. The molecule has 0 radical (unpaired) electrons. The van der Waals surface area contributed by atoms with Crippen LogP contribution in [0.1, 0.15) is 90.9 Å². The van der Waals surface area contributed by atoms with Gasteiger partial charge in [-0.25, -0.2) is 0 Å². The van der Waals surface area contributed by atoms with E-state index in [0.29, 0.717) is 0 Å². The molecule has 0 aromatic carbocycles. The molecule has 0 aromatic heterocycles. The predicted octanol–water partition coefficient (Wildman–Crippen LogP) is 6.94. The lowest BCUT2D eigenvalue weighted by Gasteiger charge is -2.30. The standard InChI is InChI=1S/C34H66O8/c1-12-14-15-16-18-26(3)34(42-11)25-33(41-10)24-32(40-9)23-31(39-8)22-30(38-7)21-29(37-6)20-28(36-5)19-27(35-4)17-13-2/h13,18,27-34H,2,12,14-17,19-25H2,1,3-11H3. The van der Waals surface area contributed by atoms with Gasteiger partial charge >= 0.3 is 0 Å². The summed E-state index contributed by atoms with van der Waals surface area (Å²) in [4.78, 5) is 0. The number of hydrogen-bond donors (Lipinski definition) is 0. The Kier molecular flexibility index (Phi) is 26.0. The van der Waals surface area contributed by atoms with Crippen molar-refractivity contribution in [2.45, 2.75) is 140 Å². The van der Waals surface area contributed by atoms with Crippen LogP contribution >= 0.6 is 0 Å². The summed E-state index contributed by atoms with van der Waals surface area (Å²) in [7, 11) is 14.0. The second kappa shape index (κ2) is 26.6. The first-order chi connectivity index (χ1) is 20.3. The van der Waals surface area contributed by atoms with Crippen molar-refractivity contribution in [2.24, 2.45) is 0 Å². The fourth-order valence-electron chi connectivity index (χ4n) is 5.53. The van der Waals surface area contributed by atoms with Crippen molar-refractivity contribution in [1.82, 2.24) is 0 Å². The molecule has 0 aliphatic rings. The molecule has 0 saturated heterocycles. The van der Waals surface area contributed by atoms with Crippen LogP contribution < -0.4 is 0 Å². The van der Waals surface area contributed by atoms with E-state index in [1.165, 1.54) is 24.8 Å². The largest absolute Gasteiger partial charge is 0.381 e. The lowest BCUT2D eigenvalue weighted by atomic mass is 9.94. The van der Waals surface area contributed by atoms with Crippen LogP contribution in [0.15, 0.2) is 24.3 Å². The summed E-state index contributed by atoms with van der Waals surface area (Å²) in [6.45, 7) is 8.22. The highest BCUT2D eigenvalue weighted by molar-refractivity contribution is 5.05. The molecule has 0 bridgehead atoms. The summed E-state index contributed by atoms with van der Waals surface area (Å²) in [5.74, 6) is 0. The molecule has 8 unspecified atom stereocenters. The van der Waals surface area contributed by atoms with Crippen molar-refractivity contribution in [3.8, 4) is 0 Å². The van der Waals surface area contributed by atoms with Crippen LogP contribution in [0.2, 0.25) is 0 Å². The van der Waals surface area contributed by atoms with Gasteiger partial charge in [0.15, 0.2) is 0 Å². The van der Waals surface area contributed by atoms with E-state index in [9.17, 15) is 0 Å². The quantitative estimate of drug-likeness (QED) is 0.0674. The molecule has 42 heavy (non-hydrogen) atoms. The molecule has 0 aliphatic carbocycles. The Bertz CT molecular complexity index is 657. The first-order valence-electron chi connectivity index (χ1n) is 15.8.